The monoisotopic (exact) mass is 290 g/mol. The van der Waals surface area contributed by atoms with E-state index >= 15 is 0 Å². The van der Waals surface area contributed by atoms with Crippen molar-refractivity contribution in [3.63, 3.8) is 0 Å². The zero-order chi connectivity index (χ0) is 14.4. The van der Waals surface area contributed by atoms with Crippen LogP contribution in [0.1, 0.15) is 57.6 Å². The normalized spacial score (nSPS) is 17.8. The van der Waals surface area contributed by atoms with Crippen molar-refractivity contribution in [2.24, 2.45) is 5.92 Å². The van der Waals surface area contributed by atoms with E-state index in [-0.39, 0.29) is 6.04 Å². The van der Waals surface area contributed by atoms with Crippen LogP contribution in [0, 0.1) is 5.92 Å². The standard InChI is InChI=1S/C17H26N2S/c1-13(2)16(14-9-5-3-6-10-14)19-17(20)18-15-11-7-4-8-12-15/h3,5-6,9-10,13,15-16H,4,7-8,11-12H2,1-2H3,(H2,18,19,20)/t16-/m1/s1. The van der Waals surface area contributed by atoms with E-state index in [4.69, 9.17) is 12.2 Å². The molecule has 20 heavy (non-hydrogen) atoms. The molecule has 0 aromatic heterocycles. The summed E-state index contributed by atoms with van der Waals surface area (Å²) in [5, 5.41) is 7.80. The van der Waals surface area contributed by atoms with Gasteiger partial charge in [-0.1, -0.05) is 63.4 Å². The van der Waals surface area contributed by atoms with Gasteiger partial charge in [0.15, 0.2) is 5.11 Å². The summed E-state index contributed by atoms with van der Waals surface area (Å²) in [5.74, 6) is 0.503. The Morgan fingerprint density at radius 1 is 1.10 bits per heavy atom. The molecule has 1 aromatic rings. The summed E-state index contributed by atoms with van der Waals surface area (Å²) in [6, 6.07) is 11.4. The maximum Gasteiger partial charge on any atom is 0.167 e. The summed E-state index contributed by atoms with van der Waals surface area (Å²) >= 11 is 5.51. The number of thiocarbonyl (C=S) groups is 1. The van der Waals surface area contributed by atoms with Gasteiger partial charge in [-0.05, 0) is 36.5 Å². The van der Waals surface area contributed by atoms with Crippen molar-refractivity contribution < 1.29 is 0 Å². The molecule has 1 fully saturated rings. The second-order valence-corrected chi connectivity index (χ2v) is 6.49. The van der Waals surface area contributed by atoms with Gasteiger partial charge in [0.2, 0.25) is 0 Å². The summed E-state index contributed by atoms with van der Waals surface area (Å²) in [5.41, 5.74) is 1.30. The molecule has 0 saturated heterocycles. The van der Waals surface area contributed by atoms with Gasteiger partial charge in [-0.2, -0.15) is 0 Å². The second-order valence-electron chi connectivity index (χ2n) is 6.09. The largest absolute Gasteiger partial charge is 0.360 e. The summed E-state index contributed by atoms with van der Waals surface area (Å²) in [7, 11) is 0. The Labute approximate surface area is 128 Å². The van der Waals surface area contributed by atoms with E-state index in [9.17, 15) is 0 Å². The lowest BCUT2D eigenvalue weighted by Crippen LogP contribution is -2.45. The van der Waals surface area contributed by atoms with E-state index in [1.165, 1.54) is 37.7 Å². The maximum absolute atomic E-state index is 5.51. The Morgan fingerprint density at radius 3 is 2.35 bits per heavy atom. The molecule has 1 aliphatic rings. The molecular formula is C17H26N2S. The molecule has 0 radical (unpaired) electrons. The van der Waals surface area contributed by atoms with Crippen LogP contribution in [0.3, 0.4) is 0 Å². The minimum absolute atomic E-state index is 0.278. The van der Waals surface area contributed by atoms with E-state index in [2.05, 4.69) is 54.8 Å². The van der Waals surface area contributed by atoms with Crippen molar-refractivity contribution in [2.75, 3.05) is 0 Å². The molecule has 1 atom stereocenters. The first-order valence-corrected chi connectivity index (χ1v) is 8.19. The lowest BCUT2D eigenvalue weighted by molar-refractivity contribution is 0.404. The van der Waals surface area contributed by atoms with Crippen LogP contribution in [-0.2, 0) is 0 Å². The number of nitrogens with one attached hydrogen (secondary N) is 2. The number of hydrogen-bond acceptors (Lipinski definition) is 1. The van der Waals surface area contributed by atoms with Crippen molar-refractivity contribution in [2.45, 2.75) is 58.0 Å². The highest BCUT2D eigenvalue weighted by Crippen LogP contribution is 2.22. The quantitative estimate of drug-likeness (QED) is 0.813. The molecule has 110 valence electrons. The average Bonchev–Trinajstić information content (AvgIpc) is 2.46. The van der Waals surface area contributed by atoms with Gasteiger partial charge in [-0.25, -0.2) is 0 Å². The van der Waals surface area contributed by atoms with Gasteiger partial charge in [0.1, 0.15) is 0 Å². The van der Waals surface area contributed by atoms with Gasteiger partial charge >= 0.3 is 0 Å². The van der Waals surface area contributed by atoms with Gasteiger partial charge in [-0.3, -0.25) is 0 Å². The molecule has 2 nitrogen and oxygen atoms in total. The number of benzene rings is 1. The van der Waals surface area contributed by atoms with Crippen LogP contribution in [0.15, 0.2) is 30.3 Å². The molecule has 0 bridgehead atoms. The highest BCUT2D eigenvalue weighted by Gasteiger charge is 2.19. The summed E-state index contributed by atoms with van der Waals surface area (Å²) in [4.78, 5) is 0. The Balaban J connectivity index is 1.92. The first kappa shape index (κ1) is 15.3. The third-order valence-corrected chi connectivity index (χ3v) is 4.29. The summed E-state index contributed by atoms with van der Waals surface area (Å²) in [6.07, 6.45) is 6.52. The topological polar surface area (TPSA) is 24.1 Å². The first-order valence-electron chi connectivity index (χ1n) is 7.79. The smallest absolute Gasteiger partial charge is 0.167 e. The van der Waals surface area contributed by atoms with Crippen LogP contribution in [0.25, 0.3) is 0 Å². The van der Waals surface area contributed by atoms with Crippen LogP contribution in [-0.4, -0.2) is 11.2 Å². The van der Waals surface area contributed by atoms with Crippen LogP contribution in [0.5, 0.6) is 0 Å². The van der Waals surface area contributed by atoms with E-state index in [1.54, 1.807) is 0 Å². The lowest BCUT2D eigenvalue weighted by Gasteiger charge is -2.28. The summed E-state index contributed by atoms with van der Waals surface area (Å²) < 4.78 is 0. The zero-order valence-corrected chi connectivity index (χ0v) is 13.4. The van der Waals surface area contributed by atoms with Crippen LogP contribution < -0.4 is 10.6 Å². The van der Waals surface area contributed by atoms with Crippen molar-refractivity contribution in [3.8, 4) is 0 Å². The van der Waals surface area contributed by atoms with Crippen LogP contribution in [0.2, 0.25) is 0 Å². The molecule has 1 aliphatic carbocycles. The Hall–Kier alpha value is -1.09. The number of rotatable bonds is 4. The second kappa shape index (κ2) is 7.63. The lowest BCUT2D eigenvalue weighted by atomic mass is 9.95. The van der Waals surface area contributed by atoms with Crippen molar-refractivity contribution in [1.29, 1.82) is 0 Å². The fourth-order valence-electron chi connectivity index (χ4n) is 2.91. The highest BCUT2D eigenvalue weighted by atomic mass is 32.1. The molecule has 2 N–H and O–H groups in total. The molecule has 1 aromatic carbocycles. The third kappa shape index (κ3) is 4.48. The van der Waals surface area contributed by atoms with Crippen LogP contribution in [0.4, 0.5) is 0 Å². The molecule has 3 heteroatoms. The maximum atomic E-state index is 5.51. The Morgan fingerprint density at radius 2 is 1.75 bits per heavy atom. The molecular weight excluding hydrogens is 264 g/mol. The molecule has 0 aliphatic heterocycles. The third-order valence-electron chi connectivity index (χ3n) is 4.05. The Kier molecular flexibility index (Phi) is 5.84. The van der Waals surface area contributed by atoms with Crippen molar-refractivity contribution in [1.82, 2.24) is 10.6 Å². The van der Waals surface area contributed by atoms with Crippen molar-refractivity contribution >= 4 is 17.3 Å². The van der Waals surface area contributed by atoms with E-state index in [0.29, 0.717) is 12.0 Å². The fourth-order valence-corrected chi connectivity index (χ4v) is 3.20. The SMILES string of the molecule is CC(C)[C@@H](NC(=S)NC1CCCCC1)c1ccccc1. The molecule has 0 amide bonds. The summed E-state index contributed by atoms with van der Waals surface area (Å²) in [6.45, 7) is 4.46. The minimum Gasteiger partial charge on any atom is -0.360 e. The van der Waals surface area contributed by atoms with Gasteiger partial charge in [0.25, 0.3) is 0 Å². The molecule has 0 heterocycles. The molecule has 0 unspecified atom stereocenters. The van der Waals surface area contributed by atoms with Gasteiger partial charge in [0, 0.05) is 6.04 Å². The van der Waals surface area contributed by atoms with Gasteiger partial charge in [-0.15, -0.1) is 0 Å². The van der Waals surface area contributed by atoms with Crippen LogP contribution >= 0.6 is 12.2 Å². The van der Waals surface area contributed by atoms with E-state index in [0.717, 1.165) is 5.11 Å². The fraction of sp³-hybridized carbons (Fsp3) is 0.588. The van der Waals surface area contributed by atoms with E-state index in [1.807, 2.05) is 0 Å². The predicted molar refractivity (Wildman–Crippen MR) is 89.8 cm³/mol. The zero-order valence-electron chi connectivity index (χ0n) is 12.6. The molecule has 0 spiro atoms. The minimum atomic E-state index is 0.278. The molecule has 2 rings (SSSR count). The first-order chi connectivity index (χ1) is 9.66. The van der Waals surface area contributed by atoms with Gasteiger partial charge in [0.05, 0.1) is 6.04 Å². The van der Waals surface area contributed by atoms with Crippen molar-refractivity contribution in [3.05, 3.63) is 35.9 Å². The highest BCUT2D eigenvalue weighted by molar-refractivity contribution is 7.80. The molecule has 1 saturated carbocycles. The predicted octanol–water partition coefficient (Wildman–Crippen LogP) is 4.18. The number of hydrogen-bond donors (Lipinski definition) is 2. The Bertz CT molecular complexity index is 410. The average molecular weight is 290 g/mol. The van der Waals surface area contributed by atoms with Gasteiger partial charge < -0.3 is 10.6 Å². The van der Waals surface area contributed by atoms with E-state index < -0.39 is 0 Å².